The lowest BCUT2D eigenvalue weighted by atomic mass is 9.74. The molecular weight excluding hydrogens is 406 g/mol. The van der Waals surface area contributed by atoms with E-state index in [2.05, 4.69) is 35.4 Å². The van der Waals surface area contributed by atoms with Gasteiger partial charge in [-0.05, 0) is 17.7 Å². The number of ether oxygens (including phenoxy) is 3. The fourth-order valence-electron chi connectivity index (χ4n) is 5.89. The van der Waals surface area contributed by atoms with E-state index in [1.54, 1.807) is 42.2 Å². The molecule has 4 aliphatic rings. The topological polar surface area (TPSA) is 65.7 Å². The van der Waals surface area contributed by atoms with Crippen molar-refractivity contribution in [3.8, 4) is 17.2 Å². The predicted molar refractivity (Wildman–Crippen MR) is 121 cm³/mol. The zero-order chi connectivity index (χ0) is 22.1. The Kier molecular flexibility index (Phi) is 5.58. The standard InChI is InChI=1S/C24H29N5O3/c1-30-20-9-18(10-21(31-2)22(20)32-3)11-25-26-23(19-7-5-4-6-8-19)24-12-27-15-28(13-24)17-29(14-24)16-27/h4-11H,12-17H2,1-3H3/p+3/b25-11-,26-23+. The summed E-state index contributed by atoms with van der Waals surface area (Å²) in [5, 5.41) is 9.43. The molecule has 0 spiro atoms. The van der Waals surface area contributed by atoms with Crippen LogP contribution in [0.15, 0.2) is 52.7 Å². The summed E-state index contributed by atoms with van der Waals surface area (Å²) in [6.07, 6.45) is 1.77. The maximum Gasteiger partial charge on any atom is 0.213 e. The first-order valence-corrected chi connectivity index (χ1v) is 11.1. The number of hydrogen-bond donors (Lipinski definition) is 3. The van der Waals surface area contributed by atoms with Gasteiger partial charge < -0.3 is 14.2 Å². The molecule has 4 bridgehead atoms. The highest BCUT2D eigenvalue weighted by atomic mass is 16.5. The normalized spacial score (nSPS) is 28.8. The van der Waals surface area contributed by atoms with Crippen molar-refractivity contribution in [3.63, 3.8) is 0 Å². The van der Waals surface area contributed by atoms with Crippen LogP contribution in [-0.2, 0) is 0 Å². The molecule has 4 fully saturated rings. The first-order chi connectivity index (χ1) is 15.6. The van der Waals surface area contributed by atoms with Gasteiger partial charge in [0.15, 0.2) is 16.9 Å². The van der Waals surface area contributed by atoms with E-state index in [0.29, 0.717) is 17.2 Å². The Morgan fingerprint density at radius 2 is 1.41 bits per heavy atom. The van der Waals surface area contributed by atoms with Gasteiger partial charge in [0, 0.05) is 5.56 Å². The maximum absolute atomic E-state index is 5.47. The molecule has 6 rings (SSSR count). The maximum atomic E-state index is 5.47. The SMILES string of the molecule is COc1cc(/C=N\N=C(/c2ccccc2)C23C[NH+]4C[NH+](C[NH+](C4)C2)C3)cc(OC)c1OC. The van der Waals surface area contributed by atoms with Gasteiger partial charge in [0.1, 0.15) is 19.6 Å². The van der Waals surface area contributed by atoms with Gasteiger partial charge >= 0.3 is 0 Å². The van der Waals surface area contributed by atoms with Gasteiger partial charge in [-0.1, -0.05) is 30.3 Å². The van der Waals surface area contributed by atoms with Crippen molar-refractivity contribution in [2.24, 2.45) is 15.6 Å². The molecule has 0 atom stereocenters. The summed E-state index contributed by atoms with van der Waals surface area (Å²) in [7, 11) is 4.83. The van der Waals surface area contributed by atoms with Gasteiger partial charge in [0.25, 0.3) is 0 Å². The highest BCUT2D eigenvalue weighted by molar-refractivity contribution is 6.05. The molecule has 168 valence electrons. The minimum Gasteiger partial charge on any atom is -0.493 e. The van der Waals surface area contributed by atoms with Crippen LogP contribution < -0.4 is 28.9 Å². The lowest BCUT2D eigenvalue weighted by Gasteiger charge is -2.52. The molecular formula is C24H32N5O3+3. The van der Waals surface area contributed by atoms with Crippen LogP contribution in [0.2, 0.25) is 0 Å². The highest BCUT2D eigenvalue weighted by Gasteiger charge is 2.60. The lowest BCUT2D eigenvalue weighted by molar-refractivity contribution is -1.30. The van der Waals surface area contributed by atoms with E-state index in [1.165, 1.54) is 25.6 Å². The van der Waals surface area contributed by atoms with Crippen molar-refractivity contribution in [1.29, 1.82) is 0 Å². The third-order valence-corrected chi connectivity index (χ3v) is 6.87. The van der Waals surface area contributed by atoms with Crippen molar-refractivity contribution < 1.29 is 28.9 Å². The number of quaternary nitrogens is 3. The van der Waals surface area contributed by atoms with Crippen LogP contribution in [0.4, 0.5) is 0 Å². The van der Waals surface area contributed by atoms with Crippen LogP contribution in [0.25, 0.3) is 0 Å². The van der Waals surface area contributed by atoms with Crippen molar-refractivity contribution in [2.75, 3.05) is 61.0 Å². The van der Waals surface area contributed by atoms with Crippen LogP contribution in [-0.4, -0.2) is 72.9 Å². The van der Waals surface area contributed by atoms with Crippen LogP contribution in [0.5, 0.6) is 17.2 Å². The Morgan fingerprint density at radius 1 is 0.844 bits per heavy atom. The average Bonchev–Trinajstić information content (AvgIpc) is 2.80. The molecule has 3 N–H and O–H groups in total. The molecule has 0 radical (unpaired) electrons. The van der Waals surface area contributed by atoms with Crippen molar-refractivity contribution in [2.45, 2.75) is 0 Å². The van der Waals surface area contributed by atoms with E-state index in [0.717, 1.165) is 30.9 Å². The van der Waals surface area contributed by atoms with E-state index in [1.807, 2.05) is 12.1 Å². The van der Waals surface area contributed by atoms with Gasteiger partial charge in [0.2, 0.25) is 25.8 Å². The smallest absolute Gasteiger partial charge is 0.213 e. The van der Waals surface area contributed by atoms with Gasteiger partial charge in [-0.15, -0.1) is 0 Å². The van der Waals surface area contributed by atoms with Crippen LogP contribution in [0.1, 0.15) is 11.1 Å². The molecule has 2 aromatic rings. The molecule has 0 saturated carbocycles. The first kappa shape index (κ1) is 20.9. The third kappa shape index (κ3) is 3.74. The van der Waals surface area contributed by atoms with E-state index in [9.17, 15) is 0 Å². The first-order valence-electron chi connectivity index (χ1n) is 11.1. The van der Waals surface area contributed by atoms with Gasteiger partial charge in [0.05, 0.1) is 33.3 Å². The Balaban J connectivity index is 1.51. The van der Waals surface area contributed by atoms with E-state index in [-0.39, 0.29) is 5.41 Å². The molecule has 4 saturated heterocycles. The molecule has 0 aliphatic carbocycles. The largest absolute Gasteiger partial charge is 0.493 e. The Labute approximate surface area is 188 Å². The minimum atomic E-state index is 0.0583. The molecule has 0 unspecified atom stereocenters. The molecule has 8 nitrogen and oxygen atoms in total. The third-order valence-electron chi connectivity index (χ3n) is 6.87. The zero-order valence-corrected chi connectivity index (χ0v) is 19.0. The Hall–Kier alpha value is -2.94. The summed E-state index contributed by atoms with van der Waals surface area (Å²) in [5.41, 5.74) is 3.17. The van der Waals surface area contributed by atoms with Crippen molar-refractivity contribution in [3.05, 3.63) is 53.6 Å². The van der Waals surface area contributed by atoms with Crippen LogP contribution in [0.3, 0.4) is 0 Å². The second-order valence-electron chi connectivity index (χ2n) is 9.11. The number of nitrogens with zero attached hydrogens (tertiary/aromatic N) is 2. The number of methoxy groups -OCH3 is 3. The summed E-state index contributed by atoms with van der Waals surface area (Å²) < 4.78 is 16.4. The number of hydrogen-bond acceptors (Lipinski definition) is 5. The molecule has 32 heavy (non-hydrogen) atoms. The van der Waals surface area contributed by atoms with Gasteiger partial charge in [-0.2, -0.15) is 10.2 Å². The van der Waals surface area contributed by atoms with E-state index in [4.69, 9.17) is 19.3 Å². The molecule has 2 aromatic carbocycles. The van der Waals surface area contributed by atoms with E-state index < -0.39 is 0 Å². The lowest BCUT2D eigenvalue weighted by Crippen LogP contribution is -3.56. The summed E-state index contributed by atoms with van der Waals surface area (Å²) >= 11 is 0. The molecule has 4 aliphatic heterocycles. The molecule has 4 heterocycles. The molecule has 0 amide bonds. The number of benzene rings is 2. The quantitative estimate of drug-likeness (QED) is 0.349. The predicted octanol–water partition coefficient (Wildman–Crippen LogP) is -1.91. The average molecular weight is 439 g/mol. The highest BCUT2D eigenvalue weighted by Crippen LogP contribution is 2.37. The van der Waals surface area contributed by atoms with Gasteiger partial charge in [-0.3, -0.25) is 0 Å². The number of nitrogens with one attached hydrogen (secondary N) is 3. The second kappa shape index (κ2) is 8.54. The molecule has 8 heteroatoms. The summed E-state index contributed by atoms with van der Waals surface area (Å²) in [5.74, 6) is 1.77. The Bertz CT molecular complexity index is 977. The monoisotopic (exact) mass is 438 g/mol. The fourth-order valence-corrected chi connectivity index (χ4v) is 5.89. The van der Waals surface area contributed by atoms with Gasteiger partial charge in [-0.25, -0.2) is 14.7 Å². The Morgan fingerprint density at radius 3 is 1.91 bits per heavy atom. The van der Waals surface area contributed by atoms with E-state index >= 15 is 0 Å². The zero-order valence-electron chi connectivity index (χ0n) is 19.0. The van der Waals surface area contributed by atoms with Crippen molar-refractivity contribution in [1.82, 2.24) is 0 Å². The van der Waals surface area contributed by atoms with Crippen LogP contribution in [0, 0.1) is 5.41 Å². The summed E-state index contributed by atoms with van der Waals surface area (Å²) in [4.78, 5) is 5.03. The second-order valence-corrected chi connectivity index (χ2v) is 9.11. The minimum absolute atomic E-state index is 0.0583. The number of rotatable bonds is 7. The fraction of sp³-hybridized carbons (Fsp3) is 0.417. The van der Waals surface area contributed by atoms with Crippen molar-refractivity contribution >= 4 is 11.9 Å². The molecule has 0 aromatic heterocycles. The summed E-state index contributed by atoms with van der Waals surface area (Å²) in [6.45, 7) is 7.07. The van der Waals surface area contributed by atoms with Crippen LogP contribution >= 0.6 is 0 Å². The summed E-state index contributed by atoms with van der Waals surface area (Å²) in [6, 6.07) is 14.3.